The molecule has 0 bridgehead atoms. The van der Waals surface area contributed by atoms with Crippen LogP contribution >= 0.6 is 11.6 Å². The molecule has 0 spiro atoms. The first kappa shape index (κ1) is 9.10. The van der Waals surface area contributed by atoms with Crippen molar-refractivity contribution in [3.63, 3.8) is 0 Å². The van der Waals surface area contributed by atoms with E-state index >= 15 is 0 Å². The van der Waals surface area contributed by atoms with Gasteiger partial charge in [-0.15, -0.1) is 0 Å². The molecule has 3 rings (SSSR count). The second-order valence-corrected chi connectivity index (χ2v) is 4.51. The molecule has 76 valence electrons. The zero-order valence-electron chi connectivity index (χ0n) is 8.50. The van der Waals surface area contributed by atoms with E-state index in [4.69, 9.17) is 11.6 Å². The Labute approximate surface area is 93.3 Å². The van der Waals surface area contributed by atoms with Crippen LogP contribution in [0.1, 0.15) is 30.0 Å². The summed E-state index contributed by atoms with van der Waals surface area (Å²) in [7, 11) is 0. The van der Waals surface area contributed by atoms with E-state index in [2.05, 4.69) is 35.1 Å². The molecule has 0 N–H and O–H groups in total. The van der Waals surface area contributed by atoms with E-state index in [0.29, 0.717) is 11.2 Å². The van der Waals surface area contributed by atoms with Crippen molar-refractivity contribution in [1.29, 1.82) is 0 Å². The lowest BCUT2D eigenvalue weighted by molar-refractivity contribution is 1.02. The van der Waals surface area contributed by atoms with Gasteiger partial charge in [0.1, 0.15) is 0 Å². The summed E-state index contributed by atoms with van der Waals surface area (Å²) >= 11 is 5.93. The zero-order valence-corrected chi connectivity index (χ0v) is 9.25. The first-order chi connectivity index (χ1) is 7.24. The van der Waals surface area contributed by atoms with Crippen LogP contribution in [0.2, 0.25) is 5.28 Å². The molecular weight excluding hydrogens is 208 g/mol. The molecule has 1 heterocycles. The number of hydrogen-bond acceptors (Lipinski definition) is 2. The van der Waals surface area contributed by atoms with E-state index in [1.165, 1.54) is 18.4 Å². The Morgan fingerprint density at radius 3 is 2.80 bits per heavy atom. The van der Waals surface area contributed by atoms with Gasteiger partial charge in [0.05, 0.1) is 11.2 Å². The Morgan fingerprint density at radius 2 is 2.07 bits per heavy atom. The number of fused-ring (bicyclic) bond motifs is 1. The van der Waals surface area contributed by atoms with Gasteiger partial charge in [0.2, 0.25) is 5.28 Å². The fourth-order valence-corrected chi connectivity index (χ4v) is 2.08. The summed E-state index contributed by atoms with van der Waals surface area (Å²) in [4.78, 5) is 8.61. The van der Waals surface area contributed by atoms with Crippen molar-refractivity contribution in [1.82, 2.24) is 9.97 Å². The molecule has 0 radical (unpaired) electrons. The summed E-state index contributed by atoms with van der Waals surface area (Å²) < 4.78 is 0. The SMILES string of the molecule is Cc1ccc2c(C3CC3)nc(Cl)nc2c1. The van der Waals surface area contributed by atoms with Gasteiger partial charge >= 0.3 is 0 Å². The van der Waals surface area contributed by atoms with Crippen LogP contribution in [0, 0.1) is 6.92 Å². The molecule has 0 unspecified atom stereocenters. The van der Waals surface area contributed by atoms with Crippen LogP contribution in [-0.2, 0) is 0 Å². The van der Waals surface area contributed by atoms with Gasteiger partial charge in [0.25, 0.3) is 0 Å². The van der Waals surface area contributed by atoms with Crippen LogP contribution in [0.5, 0.6) is 0 Å². The number of halogens is 1. The van der Waals surface area contributed by atoms with E-state index < -0.39 is 0 Å². The highest BCUT2D eigenvalue weighted by Crippen LogP contribution is 2.42. The van der Waals surface area contributed by atoms with Crippen molar-refractivity contribution < 1.29 is 0 Å². The van der Waals surface area contributed by atoms with Crippen LogP contribution < -0.4 is 0 Å². The van der Waals surface area contributed by atoms with Gasteiger partial charge in [-0.05, 0) is 43.0 Å². The van der Waals surface area contributed by atoms with Crippen LogP contribution in [0.15, 0.2) is 18.2 Å². The molecule has 1 aliphatic rings. The van der Waals surface area contributed by atoms with Crippen LogP contribution in [0.25, 0.3) is 10.9 Å². The first-order valence-corrected chi connectivity index (χ1v) is 5.55. The second kappa shape index (κ2) is 3.17. The minimum Gasteiger partial charge on any atom is -0.222 e. The predicted molar refractivity (Wildman–Crippen MR) is 61.3 cm³/mol. The van der Waals surface area contributed by atoms with E-state index in [1.54, 1.807) is 0 Å². The molecule has 3 heteroatoms. The minimum absolute atomic E-state index is 0.370. The van der Waals surface area contributed by atoms with E-state index in [1.807, 2.05) is 0 Å². The quantitative estimate of drug-likeness (QED) is 0.685. The highest BCUT2D eigenvalue weighted by atomic mass is 35.5. The molecule has 1 aliphatic carbocycles. The fourth-order valence-electron chi connectivity index (χ4n) is 1.90. The Hall–Kier alpha value is -1.15. The van der Waals surface area contributed by atoms with Gasteiger partial charge < -0.3 is 0 Å². The van der Waals surface area contributed by atoms with E-state index in [9.17, 15) is 0 Å². The molecule has 15 heavy (non-hydrogen) atoms. The summed E-state index contributed by atoms with van der Waals surface area (Å²) in [6, 6.07) is 6.27. The van der Waals surface area contributed by atoms with Crippen molar-refractivity contribution in [3.8, 4) is 0 Å². The molecular formula is C12H11ClN2. The molecule has 0 amide bonds. The van der Waals surface area contributed by atoms with Crippen LogP contribution in [0.4, 0.5) is 0 Å². The second-order valence-electron chi connectivity index (χ2n) is 4.17. The molecule has 1 saturated carbocycles. The molecule has 0 aliphatic heterocycles. The van der Waals surface area contributed by atoms with Gasteiger partial charge in [0.15, 0.2) is 0 Å². The average molecular weight is 219 g/mol. The summed E-state index contributed by atoms with van der Waals surface area (Å²) in [6.07, 6.45) is 2.46. The topological polar surface area (TPSA) is 25.8 Å². The summed E-state index contributed by atoms with van der Waals surface area (Å²) in [5.41, 5.74) is 3.31. The van der Waals surface area contributed by atoms with Gasteiger partial charge in [-0.3, -0.25) is 0 Å². The zero-order chi connectivity index (χ0) is 10.4. The van der Waals surface area contributed by atoms with Gasteiger partial charge in [-0.1, -0.05) is 12.1 Å². The number of hydrogen-bond donors (Lipinski definition) is 0. The Kier molecular flexibility index (Phi) is 1.93. The summed E-state index contributed by atoms with van der Waals surface area (Å²) in [6.45, 7) is 2.06. The van der Waals surface area contributed by atoms with E-state index in [0.717, 1.165) is 16.6 Å². The average Bonchev–Trinajstić information content (AvgIpc) is 2.98. The number of benzene rings is 1. The summed E-state index contributed by atoms with van der Waals surface area (Å²) in [5, 5.41) is 1.53. The number of aromatic nitrogens is 2. The Morgan fingerprint density at radius 1 is 1.27 bits per heavy atom. The lowest BCUT2D eigenvalue weighted by Crippen LogP contribution is -1.93. The molecule has 1 aromatic heterocycles. The van der Waals surface area contributed by atoms with Crippen molar-refractivity contribution in [2.24, 2.45) is 0 Å². The predicted octanol–water partition coefficient (Wildman–Crippen LogP) is 3.47. The number of rotatable bonds is 1. The molecule has 1 fully saturated rings. The van der Waals surface area contributed by atoms with Crippen molar-refractivity contribution in [2.45, 2.75) is 25.7 Å². The third kappa shape index (κ3) is 1.59. The largest absolute Gasteiger partial charge is 0.223 e. The molecule has 1 aromatic carbocycles. The highest BCUT2D eigenvalue weighted by Gasteiger charge is 2.27. The normalized spacial score (nSPS) is 15.9. The lowest BCUT2D eigenvalue weighted by atomic mass is 10.1. The third-order valence-corrected chi connectivity index (χ3v) is 2.99. The van der Waals surface area contributed by atoms with Gasteiger partial charge in [-0.25, -0.2) is 9.97 Å². The maximum atomic E-state index is 5.93. The van der Waals surface area contributed by atoms with E-state index in [-0.39, 0.29) is 0 Å². The fraction of sp³-hybridized carbons (Fsp3) is 0.333. The monoisotopic (exact) mass is 218 g/mol. The van der Waals surface area contributed by atoms with Gasteiger partial charge in [0, 0.05) is 11.3 Å². The molecule has 0 saturated heterocycles. The Bertz CT molecular complexity index is 527. The van der Waals surface area contributed by atoms with Crippen molar-refractivity contribution in [3.05, 3.63) is 34.7 Å². The third-order valence-electron chi connectivity index (χ3n) is 2.82. The molecule has 2 nitrogen and oxygen atoms in total. The smallest absolute Gasteiger partial charge is 0.222 e. The first-order valence-electron chi connectivity index (χ1n) is 5.18. The van der Waals surface area contributed by atoms with Gasteiger partial charge in [-0.2, -0.15) is 0 Å². The minimum atomic E-state index is 0.370. The van der Waals surface area contributed by atoms with Crippen molar-refractivity contribution in [2.75, 3.05) is 0 Å². The summed E-state index contributed by atoms with van der Waals surface area (Å²) in [5.74, 6) is 0.607. The maximum absolute atomic E-state index is 5.93. The lowest BCUT2D eigenvalue weighted by Gasteiger charge is -2.05. The highest BCUT2D eigenvalue weighted by molar-refractivity contribution is 6.28. The molecule has 0 atom stereocenters. The Balaban J connectivity index is 2.33. The number of nitrogens with zero attached hydrogens (tertiary/aromatic N) is 2. The molecule has 2 aromatic rings. The van der Waals surface area contributed by atoms with Crippen LogP contribution in [-0.4, -0.2) is 9.97 Å². The number of aryl methyl sites for hydroxylation is 1. The van der Waals surface area contributed by atoms with Crippen molar-refractivity contribution >= 4 is 22.5 Å². The maximum Gasteiger partial charge on any atom is 0.223 e. The standard InChI is InChI=1S/C12H11ClN2/c1-7-2-5-9-10(6-7)14-12(13)15-11(9)8-3-4-8/h2,5-6,8H,3-4H2,1H3. The van der Waals surface area contributed by atoms with Crippen LogP contribution in [0.3, 0.4) is 0 Å².